The molecule has 4 nitrogen and oxygen atoms in total. The first-order chi connectivity index (χ1) is 9.70. The lowest BCUT2D eigenvalue weighted by molar-refractivity contribution is 0.208. The van der Waals surface area contributed by atoms with Crippen molar-refractivity contribution in [1.82, 2.24) is 9.78 Å². The van der Waals surface area contributed by atoms with Crippen molar-refractivity contribution < 1.29 is 9.84 Å². The maximum Gasteiger partial charge on any atom is 0.163 e. The minimum atomic E-state index is -0.658. The maximum atomic E-state index is 10.7. The molecule has 108 valence electrons. The molecule has 5 heteroatoms. The Morgan fingerprint density at radius 2 is 2.15 bits per heavy atom. The van der Waals surface area contributed by atoms with Gasteiger partial charge in [-0.2, -0.15) is 5.10 Å². The standard InChI is InChI=1S/C15H20N2O2S/c1-17-14(11(19-2)9-16-17)15(18)13-8-10-6-4-3-5-7-12(10)20-13/h8-9,15,18H,3-7H2,1-2H3. The lowest BCUT2D eigenvalue weighted by atomic mass is 10.1. The highest BCUT2D eigenvalue weighted by Crippen LogP contribution is 2.37. The second-order valence-corrected chi connectivity index (χ2v) is 6.45. The van der Waals surface area contributed by atoms with Gasteiger partial charge in [-0.05, 0) is 37.3 Å². The molecule has 2 aromatic rings. The number of hydrogen-bond donors (Lipinski definition) is 1. The number of thiophene rings is 1. The van der Waals surface area contributed by atoms with E-state index in [-0.39, 0.29) is 0 Å². The molecule has 0 radical (unpaired) electrons. The first kappa shape index (κ1) is 13.6. The molecule has 0 aliphatic heterocycles. The zero-order valence-corrected chi connectivity index (χ0v) is 12.7. The summed E-state index contributed by atoms with van der Waals surface area (Å²) in [7, 11) is 3.44. The molecule has 20 heavy (non-hydrogen) atoms. The predicted molar refractivity (Wildman–Crippen MR) is 79.4 cm³/mol. The lowest BCUT2D eigenvalue weighted by Gasteiger charge is -2.11. The second-order valence-electron chi connectivity index (χ2n) is 5.28. The summed E-state index contributed by atoms with van der Waals surface area (Å²) in [6, 6.07) is 2.17. The summed E-state index contributed by atoms with van der Waals surface area (Å²) in [5.41, 5.74) is 2.14. The van der Waals surface area contributed by atoms with Gasteiger partial charge >= 0.3 is 0 Å². The van der Waals surface area contributed by atoms with Crippen molar-refractivity contribution >= 4 is 11.3 Å². The van der Waals surface area contributed by atoms with Crippen LogP contribution in [0.3, 0.4) is 0 Å². The third kappa shape index (κ3) is 2.36. The van der Waals surface area contributed by atoms with Crippen LogP contribution in [0.25, 0.3) is 0 Å². The third-order valence-corrected chi connectivity index (χ3v) is 5.25. The van der Waals surface area contributed by atoms with E-state index in [0.717, 1.165) is 23.4 Å². The number of nitrogens with zero attached hydrogens (tertiary/aromatic N) is 2. The number of aliphatic hydroxyl groups is 1. The summed E-state index contributed by atoms with van der Waals surface area (Å²) in [5.74, 6) is 0.642. The average Bonchev–Trinajstić information content (AvgIpc) is 2.95. The van der Waals surface area contributed by atoms with Crippen molar-refractivity contribution in [2.45, 2.75) is 38.2 Å². The summed E-state index contributed by atoms with van der Waals surface area (Å²) in [4.78, 5) is 2.44. The normalized spacial score (nSPS) is 16.6. The van der Waals surface area contributed by atoms with Gasteiger partial charge in [0.1, 0.15) is 11.8 Å². The summed E-state index contributed by atoms with van der Waals surface area (Å²) in [6.45, 7) is 0. The number of aryl methyl sites for hydroxylation is 3. The molecule has 0 fully saturated rings. The van der Waals surface area contributed by atoms with Crippen LogP contribution >= 0.6 is 11.3 Å². The fraction of sp³-hybridized carbons (Fsp3) is 0.533. The van der Waals surface area contributed by atoms with Gasteiger partial charge in [-0.3, -0.25) is 4.68 Å². The highest BCUT2D eigenvalue weighted by atomic mass is 32.1. The molecule has 0 saturated carbocycles. The fourth-order valence-corrected chi connectivity index (χ4v) is 4.10. The Bertz CT molecular complexity index is 580. The summed E-state index contributed by atoms with van der Waals surface area (Å²) in [5, 5.41) is 14.8. The Labute approximate surface area is 123 Å². The lowest BCUT2D eigenvalue weighted by Crippen LogP contribution is -2.06. The number of ether oxygens (including phenoxy) is 1. The monoisotopic (exact) mass is 292 g/mol. The molecule has 1 aliphatic rings. The van der Waals surface area contributed by atoms with Gasteiger partial charge in [-0.15, -0.1) is 11.3 Å². The zero-order valence-electron chi connectivity index (χ0n) is 11.9. The van der Waals surface area contributed by atoms with Gasteiger partial charge in [0.05, 0.1) is 13.3 Å². The van der Waals surface area contributed by atoms with Crippen LogP contribution in [0, 0.1) is 0 Å². The van der Waals surface area contributed by atoms with E-state index >= 15 is 0 Å². The van der Waals surface area contributed by atoms with E-state index in [1.807, 2.05) is 7.05 Å². The number of hydrogen-bond acceptors (Lipinski definition) is 4. The number of methoxy groups -OCH3 is 1. The molecule has 1 aliphatic carbocycles. The van der Waals surface area contributed by atoms with E-state index in [1.165, 1.54) is 29.7 Å². The molecule has 0 amide bonds. The van der Waals surface area contributed by atoms with Crippen molar-refractivity contribution in [1.29, 1.82) is 0 Å². The van der Waals surface area contributed by atoms with Crippen LogP contribution in [0.1, 0.15) is 46.4 Å². The van der Waals surface area contributed by atoms with E-state index < -0.39 is 6.10 Å². The van der Waals surface area contributed by atoms with Gasteiger partial charge in [-0.1, -0.05) is 6.42 Å². The van der Waals surface area contributed by atoms with Crippen molar-refractivity contribution in [2.24, 2.45) is 7.05 Å². The van der Waals surface area contributed by atoms with E-state index in [2.05, 4.69) is 11.2 Å². The van der Waals surface area contributed by atoms with Crippen LogP contribution in [-0.2, 0) is 19.9 Å². The van der Waals surface area contributed by atoms with E-state index in [0.29, 0.717) is 5.75 Å². The zero-order chi connectivity index (χ0) is 14.1. The Morgan fingerprint density at radius 3 is 2.95 bits per heavy atom. The number of fused-ring (bicyclic) bond motifs is 1. The van der Waals surface area contributed by atoms with Gasteiger partial charge in [0, 0.05) is 16.8 Å². The minimum Gasteiger partial charge on any atom is -0.493 e. The number of rotatable bonds is 3. The van der Waals surface area contributed by atoms with Crippen molar-refractivity contribution in [3.8, 4) is 5.75 Å². The number of aliphatic hydroxyl groups excluding tert-OH is 1. The molecule has 1 atom stereocenters. The van der Waals surface area contributed by atoms with Gasteiger partial charge < -0.3 is 9.84 Å². The van der Waals surface area contributed by atoms with Gasteiger partial charge in [0.25, 0.3) is 0 Å². The van der Waals surface area contributed by atoms with Crippen molar-refractivity contribution in [3.63, 3.8) is 0 Å². The SMILES string of the molecule is COc1cnn(C)c1C(O)c1cc2c(s1)CCCCC2. The van der Waals surface area contributed by atoms with Crippen molar-refractivity contribution in [3.05, 3.63) is 33.3 Å². The molecule has 1 unspecified atom stereocenters. The Hall–Kier alpha value is -1.33. The molecule has 3 rings (SSSR count). The molecular weight excluding hydrogens is 272 g/mol. The molecule has 0 bridgehead atoms. The highest BCUT2D eigenvalue weighted by Gasteiger charge is 2.23. The molecule has 1 N–H and O–H groups in total. The summed E-state index contributed by atoms with van der Waals surface area (Å²) < 4.78 is 6.98. The van der Waals surface area contributed by atoms with Gasteiger partial charge in [0.15, 0.2) is 5.75 Å². The molecule has 0 aromatic carbocycles. The first-order valence-corrected chi connectivity index (χ1v) is 7.87. The average molecular weight is 292 g/mol. The van der Waals surface area contributed by atoms with Crippen LogP contribution in [0.5, 0.6) is 5.75 Å². The summed E-state index contributed by atoms with van der Waals surface area (Å²) >= 11 is 1.74. The number of aromatic nitrogens is 2. The maximum absolute atomic E-state index is 10.7. The summed E-state index contributed by atoms with van der Waals surface area (Å²) in [6.07, 6.45) is 7.11. The third-order valence-electron chi connectivity index (χ3n) is 3.96. The highest BCUT2D eigenvalue weighted by molar-refractivity contribution is 7.12. The van der Waals surface area contributed by atoms with Crippen LogP contribution in [-0.4, -0.2) is 22.0 Å². The minimum absolute atomic E-state index is 0.642. The quantitative estimate of drug-likeness (QED) is 0.885. The Morgan fingerprint density at radius 1 is 1.35 bits per heavy atom. The smallest absolute Gasteiger partial charge is 0.163 e. The topological polar surface area (TPSA) is 47.3 Å². The van der Waals surface area contributed by atoms with E-state index in [4.69, 9.17) is 4.74 Å². The molecule has 0 saturated heterocycles. The van der Waals surface area contributed by atoms with E-state index in [9.17, 15) is 5.11 Å². The Balaban J connectivity index is 1.94. The molecular formula is C15H20N2O2S. The fourth-order valence-electron chi connectivity index (χ4n) is 2.86. The van der Waals surface area contributed by atoms with Crippen LogP contribution in [0.4, 0.5) is 0 Å². The molecule has 2 aromatic heterocycles. The van der Waals surface area contributed by atoms with Crippen molar-refractivity contribution in [2.75, 3.05) is 7.11 Å². The second kappa shape index (κ2) is 5.58. The molecule has 2 heterocycles. The Kier molecular flexibility index (Phi) is 3.81. The first-order valence-electron chi connectivity index (χ1n) is 7.06. The van der Waals surface area contributed by atoms with Gasteiger partial charge in [0.2, 0.25) is 0 Å². The predicted octanol–water partition coefficient (Wildman–Crippen LogP) is 2.84. The largest absolute Gasteiger partial charge is 0.493 e. The van der Waals surface area contributed by atoms with Crippen LogP contribution < -0.4 is 4.74 Å². The van der Waals surface area contributed by atoms with Crippen LogP contribution in [0.2, 0.25) is 0 Å². The van der Waals surface area contributed by atoms with Gasteiger partial charge in [-0.25, -0.2) is 0 Å². The van der Waals surface area contributed by atoms with Crippen LogP contribution in [0.15, 0.2) is 12.3 Å². The van der Waals surface area contributed by atoms with E-state index in [1.54, 1.807) is 29.3 Å². The molecule has 0 spiro atoms.